The number of amides is 1. The van der Waals surface area contributed by atoms with E-state index in [-0.39, 0.29) is 17.6 Å². The minimum Gasteiger partial charge on any atom is -0.493 e. The average Bonchev–Trinajstić information content (AvgIpc) is 3.31. The number of ether oxygens (including phenoxy) is 1. The minimum atomic E-state index is -0.397. The lowest BCUT2D eigenvalue weighted by atomic mass is 9.94. The van der Waals surface area contributed by atoms with Crippen LogP contribution in [0.3, 0.4) is 0 Å². The fourth-order valence-corrected chi connectivity index (χ4v) is 4.49. The smallest absolute Gasteiger partial charge is 0.271 e. The van der Waals surface area contributed by atoms with E-state index in [0.717, 1.165) is 22.3 Å². The van der Waals surface area contributed by atoms with Gasteiger partial charge in [-0.1, -0.05) is 17.7 Å². The third-order valence-electron chi connectivity index (χ3n) is 6.29. The Morgan fingerprint density at radius 3 is 2.61 bits per heavy atom. The van der Waals surface area contributed by atoms with Crippen molar-refractivity contribution in [2.45, 2.75) is 26.8 Å². The summed E-state index contributed by atoms with van der Waals surface area (Å²) in [7, 11) is 4.94. The third kappa shape index (κ3) is 4.60. The minimum absolute atomic E-state index is 0.184. The molecule has 4 N–H and O–H groups in total. The van der Waals surface area contributed by atoms with Gasteiger partial charge in [0.15, 0.2) is 5.65 Å². The second kappa shape index (κ2) is 10.6. The summed E-state index contributed by atoms with van der Waals surface area (Å²) in [6.45, 7) is 6.19. The summed E-state index contributed by atoms with van der Waals surface area (Å²) in [5.41, 5.74) is 16.7. The fraction of sp³-hybridized carbons (Fsp3) is 0.308. The summed E-state index contributed by atoms with van der Waals surface area (Å²) in [6, 6.07) is 5.00. The first kappa shape index (κ1) is 26.8. The molecule has 1 amide bonds. The molecule has 12 heteroatoms. The molecule has 1 unspecified atom stereocenters. The summed E-state index contributed by atoms with van der Waals surface area (Å²) in [4.78, 5) is 30.9. The normalized spacial score (nSPS) is 12.6. The molecule has 198 valence electrons. The molecule has 4 rings (SSSR count). The van der Waals surface area contributed by atoms with E-state index < -0.39 is 6.04 Å². The monoisotopic (exact) mass is 535 g/mol. The van der Waals surface area contributed by atoms with Crippen molar-refractivity contribution < 1.29 is 9.53 Å². The van der Waals surface area contributed by atoms with Crippen LogP contribution in [0.15, 0.2) is 35.7 Å². The van der Waals surface area contributed by atoms with Crippen molar-refractivity contribution in [3.63, 3.8) is 0 Å². The first-order valence-corrected chi connectivity index (χ1v) is 12.3. The standard InChI is InChI=1S/C26H30ClN9O2/c1-7-38-22-16(14(3)36-25-20(23(28)32-12-33-25)21(34-36)24(29)30-4)10-17(27)13(2)19(22)15-8-9-18(31-11-15)26(37)35(5)6/h8-12,14H,7H2,1-6H3,(H2,29,30)(H2,28,32,33). The number of nitrogen functional groups attached to an aromatic ring is 1. The number of nitrogens with two attached hydrogens (primary N) is 2. The predicted molar refractivity (Wildman–Crippen MR) is 149 cm³/mol. The summed E-state index contributed by atoms with van der Waals surface area (Å²) >= 11 is 6.77. The van der Waals surface area contributed by atoms with Crippen LogP contribution in [0.2, 0.25) is 5.02 Å². The van der Waals surface area contributed by atoms with Crippen molar-refractivity contribution in [1.82, 2.24) is 29.6 Å². The van der Waals surface area contributed by atoms with Gasteiger partial charge in [0.05, 0.1) is 18.0 Å². The highest BCUT2D eigenvalue weighted by molar-refractivity contribution is 6.32. The largest absolute Gasteiger partial charge is 0.493 e. The van der Waals surface area contributed by atoms with Crippen LogP contribution in [0.4, 0.5) is 5.82 Å². The Balaban J connectivity index is 1.94. The van der Waals surface area contributed by atoms with Crippen LogP contribution in [0.5, 0.6) is 5.75 Å². The zero-order valence-electron chi connectivity index (χ0n) is 22.2. The highest BCUT2D eigenvalue weighted by atomic mass is 35.5. The first-order valence-electron chi connectivity index (χ1n) is 12.0. The molecule has 3 heterocycles. The molecule has 0 radical (unpaired) electrons. The number of carbonyl (C=O) groups is 1. The van der Waals surface area contributed by atoms with Gasteiger partial charge in [0.2, 0.25) is 0 Å². The third-order valence-corrected chi connectivity index (χ3v) is 6.68. The van der Waals surface area contributed by atoms with Gasteiger partial charge in [-0.2, -0.15) is 5.10 Å². The number of aliphatic imine (C=N–C) groups is 1. The Morgan fingerprint density at radius 1 is 1.26 bits per heavy atom. The number of benzene rings is 1. The van der Waals surface area contributed by atoms with E-state index in [2.05, 4.69) is 19.9 Å². The van der Waals surface area contributed by atoms with Crippen molar-refractivity contribution >= 4 is 40.2 Å². The molecule has 38 heavy (non-hydrogen) atoms. The van der Waals surface area contributed by atoms with Crippen molar-refractivity contribution in [2.24, 2.45) is 10.7 Å². The number of fused-ring (bicyclic) bond motifs is 1. The van der Waals surface area contributed by atoms with Gasteiger partial charge in [-0.3, -0.25) is 14.8 Å². The summed E-state index contributed by atoms with van der Waals surface area (Å²) in [5.74, 6) is 0.908. The molecule has 1 atom stereocenters. The molecule has 0 aliphatic carbocycles. The Kier molecular flexibility index (Phi) is 7.49. The molecule has 0 aliphatic rings. The van der Waals surface area contributed by atoms with Crippen LogP contribution in [-0.4, -0.2) is 69.1 Å². The molecule has 11 nitrogen and oxygen atoms in total. The van der Waals surface area contributed by atoms with Crippen LogP contribution < -0.4 is 16.2 Å². The van der Waals surface area contributed by atoms with Gasteiger partial charge in [-0.05, 0) is 38.5 Å². The van der Waals surface area contributed by atoms with Crippen molar-refractivity contribution in [1.29, 1.82) is 0 Å². The maximum atomic E-state index is 12.4. The maximum Gasteiger partial charge on any atom is 0.271 e. The Labute approximate surface area is 225 Å². The molecule has 3 aromatic heterocycles. The number of pyridine rings is 1. The number of halogens is 1. The molecular weight excluding hydrogens is 506 g/mol. The van der Waals surface area contributed by atoms with E-state index in [0.29, 0.717) is 39.8 Å². The lowest BCUT2D eigenvalue weighted by molar-refractivity contribution is 0.0822. The molecule has 1 aromatic carbocycles. The van der Waals surface area contributed by atoms with E-state index >= 15 is 0 Å². The average molecular weight is 536 g/mol. The van der Waals surface area contributed by atoms with Gasteiger partial charge in [0.1, 0.15) is 35.1 Å². The quantitative estimate of drug-likeness (QED) is 0.269. The number of anilines is 1. The number of nitrogens with zero attached hydrogens (tertiary/aromatic N) is 7. The maximum absolute atomic E-state index is 12.4. The summed E-state index contributed by atoms with van der Waals surface area (Å²) in [5, 5.41) is 5.78. The lowest BCUT2D eigenvalue weighted by Crippen LogP contribution is -2.22. The predicted octanol–water partition coefficient (Wildman–Crippen LogP) is 3.48. The fourth-order valence-electron chi connectivity index (χ4n) is 4.28. The second-order valence-electron chi connectivity index (χ2n) is 8.88. The van der Waals surface area contributed by atoms with Gasteiger partial charge in [0.25, 0.3) is 5.91 Å². The zero-order valence-corrected chi connectivity index (χ0v) is 22.9. The molecule has 0 fully saturated rings. The van der Waals surface area contributed by atoms with Gasteiger partial charge in [-0.25, -0.2) is 14.6 Å². The number of amidine groups is 1. The Morgan fingerprint density at radius 2 is 2.00 bits per heavy atom. The molecule has 0 spiro atoms. The first-order chi connectivity index (χ1) is 18.1. The van der Waals surface area contributed by atoms with E-state index in [1.165, 1.54) is 11.2 Å². The van der Waals surface area contributed by atoms with Gasteiger partial charge in [-0.15, -0.1) is 0 Å². The molecule has 4 aromatic rings. The van der Waals surface area contributed by atoms with E-state index in [1.54, 1.807) is 38.1 Å². The van der Waals surface area contributed by atoms with E-state index in [4.69, 9.17) is 32.9 Å². The number of rotatable bonds is 7. The van der Waals surface area contributed by atoms with Crippen LogP contribution in [0.25, 0.3) is 22.2 Å². The highest BCUT2D eigenvalue weighted by Crippen LogP contribution is 2.43. The van der Waals surface area contributed by atoms with Crippen molar-refractivity contribution in [3.8, 4) is 16.9 Å². The number of hydrogen-bond donors (Lipinski definition) is 2. The van der Waals surface area contributed by atoms with E-state index in [1.807, 2.05) is 32.9 Å². The Hall–Kier alpha value is -4.25. The molecule has 0 aliphatic heterocycles. The van der Waals surface area contributed by atoms with Crippen LogP contribution in [0, 0.1) is 6.92 Å². The molecule has 0 bridgehead atoms. The number of carbonyl (C=O) groups excluding carboxylic acids is 1. The number of hydrogen-bond acceptors (Lipinski definition) is 8. The van der Waals surface area contributed by atoms with Crippen molar-refractivity contribution in [2.75, 3.05) is 33.5 Å². The van der Waals surface area contributed by atoms with Gasteiger partial charge >= 0.3 is 0 Å². The molecule has 0 saturated carbocycles. The van der Waals surface area contributed by atoms with Crippen LogP contribution >= 0.6 is 11.6 Å². The SMILES string of the molecule is CCOc1c(C(C)n2nc(C(N)=NC)c3c(N)ncnc32)cc(Cl)c(C)c1-c1ccc(C(=O)N(C)C)nc1. The van der Waals surface area contributed by atoms with Gasteiger partial charge in [0, 0.05) is 49.1 Å². The second-order valence-corrected chi connectivity index (χ2v) is 9.28. The van der Waals surface area contributed by atoms with E-state index in [9.17, 15) is 4.79 Å². The van der Waals surface area contributed by atoms with Crippen molar-refractivity contribution in [3.05, 3.63) is 58.3 Å². The highest BCUT2D eigenvalue weighted by Gasteiger charge is 2.27. The lowest BCUT2D eigenvalue weighted by Gasteiger charge is -2.23. The van der Waals surface area contributed by atoms with Crippen LogP contribution in [0.1, 0.15) is 47.2 Å². The summed E-state index contributed by atoms with van der Waals surface area (Å²) in [6.07, 6.45) is 3.03. The zero-order chi connectivity index (χ0) is 27.7. The van der Waals surface area contributed by atoms with Gasteiger partial charge < -0.3 is 21.1 Å². The Bertz CT molecular complexity index is 1550. The molecular formula is C26H30ClN9O2. The summed E-state index contributed by atoms with van der Waals surface area (Å²) < 4.78 is 7.93. The van der Waals surface area contributed by atoms with Crippen LogP contribution in [-0.2, 0) is 0 Å². The molecule has 0 saturated heterocycles. The topological polar surface area (TPSA) is 150 Å². The number of aromatic nitrogens is 5.